The van der Waals surface area contributed by atoms with E-state index in [1.165, 1.54) is 0 Å². The molecule has 2 aromatic heterocycles. The second-order valence-electron chi connectivity index (χ2n) is 5.78. The monoisotopic (exact) mass is 300 g/mol. The Hall–Kier alpha value is -2.17. The van der Waals surface area contributed by atoms with Gasteiger partial charge in [0, 0.05) is 30.6 Å². The fourth-order valence-electron chi connectivity index (χ4n) is 2.42. The minimum absolute atomic E-state index is 0.0192. The van der Waals surface area contributed by atoms with Gasteiger partial charge in [0.1, 0.15) is 0 Å². The number of rotatable bonds is 6. The lowest BCUT2D eigenvalue weighted by molar-refractivity contribution is -0.121. The maximum absolute atomic E-state index is 12.0. The average Bonchev–Trinajstić information content (AvgIpc) is 2.77. The van der Waals surface area contributed by atoms with Crippen molar-refractivity contribution in [1.29, 1.82) is 0 Å². The molecular weight excluding hydrogens is 276 g/mol. The number of aryl methyl sites for hydroxylation is 4. The average molecular weight is 300 g/mol. The number of hydrogen-bond donors (Lipinski definition) is 1. The predicted octanol–water partition coefficient (Wildman–Crippen LogP) is 2.86. The second kappa shape index (κ2) is 7.20. The molecule has 1 N–H and O–H groups in total. The second-order valence-corrected chi connectivity index (χ2v) is 5.78. The van der Waals surface area contributed by atoms with E-state index in [0.717, 1.165) is 35.6 Å². The van der Waals surface area contributed by atoms with Crippen molar-refractivity contribution in [1.82, 2.24) is 20.1 Å². The molecule has 0 fully saturated rings. The van der Waals surface area contributed by atoms with E-state index in [4.69, 9.17) is 0 Å². The summed E-state index contributed by atoms with van der Waals surface area (Å²) in [6.07, 6.45) is 3.10. The van der Waals surface area contributed by atoms with Gasteiger partial charge in [0.15, 0.2) is 0 Å². The summed E-state index contributed by atoms with van der Waals surface area (Å²) in [5.41, 5.74) is 4.16. The van der Waals surface area contributed by atoms with Crippen LogP contribution in [0.25, 0.3) is 0 Å². The zero-order chi connectivity index (χ0) is 16.1. The van der Waals surface area contributed by atoms with Gasteiger partial charge >= 0.3 is 0 Å². The van der Waals surface area contributed by atoms with Gasteiger partial charge in [0.25, 0.3) is 0 Å². The van der Waals surface area contributed by atoms with Crippen molar-refractivity contribution in [2.75, 3.05) is 0 Å². The van der Waals surface area contributed by atoms with Crippen molar-refractivity contribution in [3.8, 4) is 0 Å². The molecule has 2 rings (SSSR count). The first-order valence-corrected chi connectivity index (χ1v) is 7.68. The Labute approximate surface area is 131 Å². The Morgan fingerprint density at radius 3 is 2.64 bits per heavy atom. The van der Waals surface area contributed by atoms with Crippen LogP contribution in [0, 0.1) is 20.8 Å². The van der Waals surface area contributed by atoms with E-state index in [1.54, 1.807) is 0 Å². The minimum atomic E-state index is -0.0192. The van der Waals surface area contributed by atoms with Gasteiger partial charge in [-0.2, -0.15) is 5.10 Å². The molecule has 0 saturated carbocycles. The molecule has 118 valence electrons. The summed E-state index contributed by atoms with van der Waals surface area (Å²) in [6.45, 7) is 8.71. The highest BCUT2D eigenvalue weighted by molar-refractivity contribution is 5.76. The fourth-order valence-corrected chi connectivity index (χ4v) is 2.42. The van der Waals surface area contributed by atoms with Crippen LogP contribution in [0.3, 0.4) is 0 Å². The number of nitrogens with one attached hydrogen (secondary N) is 1. The van der Waals surface area contributed by atoms with Crippen molar-refractivity contribution < 1.29 is 4.79 Å². The van der Waals surface area contributed by atoms with E-state index in [-0.39, 0.29) is 11.9 Å². The quantitative estimate of drug-likeness (QED) is 0.892. The van der Waals surface area contributed by atoms with Crippen LogP contribution in [-0.4, -0.2) is 20.7 Å². The summed E-state index contributed by atoms with van der Waals surface area (Å²) >= 11 is 0. The summed E-state index contributed by atoms with van der Waals surface area (Å²) in [7, 11) is 0. The predicted molar refractivity (Wildman–Crippen MR) is 86.5 cm³/mol. The molecule has 0 saturated heterocycles. The standard InChI is InChI=1S/C17H24N4O/c1-12-7-8-16(11-18-12)15(4)19-17(22)6-5-9-21-14(3)10-13(2)20-21/h7-8,10-11,15H,5-6,9H2,1-4H3,(H,19,22). The summed E-state index contributed by atoms with van der Waals surface area (Å²) < 4.78 is 1.95. The number of amides is 1. The van der Waals surface area contributed by atoms with Gasteiger partial charge in [-0.3, -0.25) is 14.5 Å². The molecule has 0 aliphatic heterocycles. The van der Waals surface area contributed by atoms with Crippen LogP contribution in [0.4, 0.5) is 0 Å². The van der Waals surface area contributed by atoms with Crippen LogP contribution in [0.5, 0.6) is 0 Å². The number of carbonyl (C=O) groups is 1. The van der Waals surface area contributed by atoms with Crippen molar-refractivity contribution in [2.24, 2.45) is 0 Å². The summed E-state index contributed by atoms with van der Waals surface area (Å²) in [6, 6.07) is 5.99. The van der Waals surface area contributed by atoms with Crippen molar-refractivity contribution >= 4 is 5.91 Å². The Bertz CT molecular complexity index is 631. The molecule has 2 aromatic rings. The lowest BCUT2D eigenvalue weighted by Gasteiger charge is -2.14. The maximum Gasteiger partial charge on any atom is 0.220 e. The maximum atomic E-state index is 12.0. The van der Waals surface area contributed by atoms with Gasteiger partial charge in [0.05, 0.1) is 11.7 Å². The molecule has 22 heavy (non-hydrogen) atoms. The van der Waals surface area contributed by atoms with Crippen molar-refractivity contribution in [2.45, 2.75) is 53.1 Å². The molecule has 0 spiro atoms. The zero-order valence-corrected chi connectivity index (χ0v) is 13.8. The van der Waals surface area contributed by atoms with E-state index >= 15 is 0 Å². The lowest BCUT2D eigenvalue weighted by Crippen LogP contribution is -2.26. The van der Waals surface area contributed by atoms with Gasteiger partial charge in [0.2, 0.25) is 5.91 Å². The van der Waals surface area contributed by atoms with Gasteiger partial charge in [-0.05, 0) is 51.8 Å². The molecule has 2 heterocycles. The largest absolute Gasteiger partial charge is 0.350 e. The SMILES string of the molecule is Cc1ccc(C(C)NC(=O)CCCn2nc(C)cc2C)cn1. The highest BCUT2D eigenvalue weighted by atomic mass is 16.1. The third-order valence-corrected chi connectivity index (χ3v) is 3.69. The van der Waals surface area contributed by atoms with Gasteiger partial charge in [-0.25, -0.2) is 0 Å². The summed E-state index contributed by atoms with van der Waals surface area (Å²) in [4.78, 5) is 16.3. The van der Waals surface area contributed by atoms with Crippen LogP contribution < -0.4 is 5.32 Å². The fraction of sp³-hybridized carbons (Fsp3) is 0.471. The molecule has 1 amide bonds. The topological polar surface area (TPSA) is 59.8 Å². The Morgan fingerprint density at radius 2 is 2.05 bits per heavy atom. The molecule has 1 unspecified atom stereocenters. The van der Waals surface area contributed by atoms with Gasteiger partial charge < -0.3 is 5.32 Å². The molecule has 1 atom stereocenters. The lowest BCUT2D eigenvalue weighted by atomic mass is 10.1. The summed E-state index contributed by atoms with van der Waals surface area (Å²) in [5, 5.41) is 7.41. The van der Waals surface area contributed by atoms with E-state index in [9.17, 15) is 4.79 Å². The third kappa shape index (κ3) is 4.41. The van der Waals surface area contributed by atoms with Crippen molar-refractivity contribution in [3.05, 3.63) is 47.0 Å². The zero-order valence-electron chi connectivity index (χ0n) is 13.8. The van der Waals surface area contributed by atoms with E-state index in [2.05, 4.69) is 15.4 Å². The minimum Gasteiger partial charge on any atom is -0.350 e. The first-order chi connectivity index (χ1) is 10.5. The number of nitrogens with zero attached hydrogens (tertiary/aromatic N) is 3. The van der Waals surface area contributed by atoms with Crippen LogP contribution in [0.15, 0.2) is 24.4 Å². The van der Waals surface area contributed by atoms with Gasteiger partial charge in [-0.1, -0.05) is 6.07 Å². The summed E-state index contributed by atoms with van der Waals surface area (Å²) in [5.74, 6) is 0.0645. The first kappa shape index (κ1) is 16.2. The smallest absolute Gasteiger partial charge is 0.220 e. The molecular formula is C17H24N4O. The van der Waals surface area contributed by atoms with E-state index < -0.39 is 0 Å². The molecule has 0 radical (unpaired) electrons. The number of carbonyl (C=O) groups excluding carboxylic acids is 1. The molecule has 0 aliphatic carbocycles. The molecule has 0 aromatic carbocycles. The normalized spacial score (nSPS) is 12.2. The molecule has 0 aliphatic rings. The van der Waals surface area contributed by atoms with E-state index in [1.807, 2.05) is 56.8 Å². The van der Waals surface area contributed by atoms with Crippen LogP contribution in [0.2, 0.25) is 0 Å². The molecule has 0 bridgehead atoms. The van der Waals surface area contributed by atoms with Crippen LogP contribution >= 0.6 is 0 Å². The van der Waals surface area contributed by atoms with Crippen molar-refractivity contribution in [3.63, 3.8) is 0 Å². The Balaban J connectivity index is 1.78. The molecule has 5 nitrogen and oxygen atoms in total. The van der Waals surface area contributed by atoms with E-state index in [0.29, 0.717) is 6.42 Å². The number of aromatic nitrogens is 3. The van der Waals surface area contributed by atoms with Crippen LogP contribution in [-0.2, 0) is 11.3 Å². The highest BCUT2D eigenvalue weighted by Crippen LogP contribution is 2.11. The number of pyridine rings is 1. The third-order valence-electron chi connectivity index (χ3n) is 3.69. The first-order valence-electron chi connectivity index (χ1n) is 7.68. The Morgan fingerprint density at radius 1 is 1.27 bits per heavy atom. The molecule has 5 heteroatoms. The highest BCUT2D eigenvalue weighted by Gasteiger charge is 2.10. The Kier molecular flexibility index (Phi) is 5.31. The van der Waals surface area contributed by atoms with Crippen LogP contribution in [0.1, 0.15) is 48.5 Å². The number of hydrogen-bond acceptors (Lipinski definition) is 3. The van der Waals surface area contributed by atoms with Gasteiger partial charge in [-0.15, -0.1) is 0 Å².